The molecule has 0 aromatic carbocycles. The number of phosphoric ester groups is 2. The predicted molar refractivity (Wildman–Crippen MR) is 500 cm³/mol. The normalized spacial score (nSPS) is 14.5. The van der Waals surface area contributed by atoms with E-state index >= 15 is 0 Å². The third kappa shape index (κ3) is 93.5. The second-order valence-corrected chi connectivity index (χ2v) is 34.3. The average Bonchev–Trinajstić information content (AvgIpc) is 0.902. The summed E-state index contributed by atoms with van der Waals surface area (Å²) in [6.45, 7) is 2.38. The fourth-order valence-corrected chi connectivity index (χ4v) is 14.4. The molecule has 682 valence electrons. The number of carbonyl (C=O) groups is 3. The van der Waals surface area contributed by atoms with E-state index in [0.29, 0.717) is 19.3 Å². The van der Waals surface area contributed by atoms with E-state index in [2.05, 4.69) is 191 Å². The summed E-state index contributed by atoms with van der Waals surface area (Å²) in [5.41, 5.74) is 0. The number of hydrogen-bond acceptors (Lipinski definition) is 14. The molecule has 0 radical (unpaired) electrons. The highest BCUT2D eigenvalue weighted by molar-refractivity contribution is 7.47. The average molecular weight is 1700 g/mol. The topological polar surface area (TPSA) is 231 Å². The van der Waals surface area contributed by atoms with Gasteiger partial charge in [0.15, 0.2) is 6.10 Å². The molecule has 0 saturated carbocycles. The van der Waals surface area contributed by atoms with Crippen molar-refractivity contribution >= 4 is 33.6 Å². The lowest BCUT2D eigenvalue weighted by Crippen LogP contribution is -2.30. The molecule has 0 amide bonds. The van der Waals surface area contributed by atoms with E-state index in [9.17, 15) is 43.5 Å². The quantitative estimate of drug-likeness (QED) is 0.0146. The number of hydrogen-bond donors (Lipinski definition) is 4. The van der Waals surface area contributed by atoms with Gasteiger partial charge in [-0.25, -0.2) is 9.13 Å². The zero-order valence-electron chi connectivity index (χ0n) is 75.2. The molecule has 0 rings (SSSR count). The first-order valence-electron chi connectivity index (χ1n) is 47.4. The first kappa shape index (κ1) is 114. The number of allylic oxidation sites excluding steroid dienone is 28. The number of aliphatic hydroxyl groups is 2. The first-order valence-corrected chi connectivity index (χ1v) is 50.4. The van der Waals surface area contributed by atoms with Crippen LogP contribution in [0.5, 0.6) is 0 Å². The summed E-state index contributed by atoms with van der Waals surface area (Å²) in [6, 6.07) is 0. The van der Waals surface area contributed by atoms with Gasteiger partial charge in [-0.15, -0.1) is 0 Å². The number of rotatable bonds is 89. The van der Waals surface area contributed by atoms with Gasteiger partial charge in [-0.05, 0) is 148 Å². The molecule has 16 nitrogen and oxygen atoms in total. The Balaban J connectivity index is 4.47. The largest absolute Gasteiger partial charge is 0.472 e. The summed E-state index contributed by atoms with van der Waals surface area (Å²) < 4.78 is 61.5. The Morgan fingerprint density at radius 3 is 0.664 bits per heavy atom. The number of unbranched alkanes of at least 4 members (excludes halogenated alkanes) is 38. The van der Waals surface area contributed by atoms with Crippen LogP contribution in [0.25, 0.3) is 0 Å². The van der Waals surface area contributed by atoms with E-state index in [-0.39, 0.29) is 19.3 Å². The van der Waals surface area contributed by atoms with Gasteiger partial charge in [-0.1, -0.05) is 396 Å². The Morgan fingerprint density at radius 1 is 0.235 bits per heavy atom. The lowest BCUT2D eigenvalue weighted by Gasteiger charge is -2.21. The predicted octanol–water partition coefficient (Wildman–Crippen LogP) is 29.4. The van der Waals surface area contributed by atoms with Gasteiger partial charge in [0.1, 0.15) is 25.4 Å². The highest BCUT2D eigenvalue weighted by Crippen LogP contribution is 2.45. The molecule has 0 aromatic heterocycles. The number of aliphatic hydroxyl groups excluding tert-OH is 2. The maximum Gasteiger partial charge on any atom is 0.472 e. The fourth-order valence-electron chi connectivity index (χ4n) is 12.9. The molecule has 0 aromatic rings. The van der Waals surface area contributed by atoms with Crippen LogP contribution in [0.1, 0.15) is 393 Å². The molecule has 5 atom stereocenters. The lowest BCUT2D eigenvalue weighted by molar-refractivity contribution is -0.161. The number of phosphoric acid groups is 2. The Morgan fingerprint density at radius 2 is 0.420 bits per heavy atom. The molecule has 0 fully saturated rings. The van der Waals surface area contributed by atoms with Crippen LogP contribution in [0.4, 0.5) is 0 Å². The third-order valence-corrected chi connectivity index (χ3v) is 21.8. The number of ether oxygens (including phenoxy) is 3. The number of carbonyl (C=O) groups excluding carboxylic acids is 3. The van der Waals surface area contributed by atoms with Crippen molar-refractivity contribution in [3.63, 3.8) is 0 Å². The smallest absolute Gasteiger partial charge is 0.463 e. The molecule has 0 saturated heterocycles. The van der Waals surface area contributed by atoms with Crippen LogP contribution < -0.4 is 0 Å². The summed E-state index contributed by atoms with van der Waals surface area (Å²) in [6.07, 6.45) is 120. The summed E-state index contributed by atoms with van der Waals surface area (Å²) in [4.78, 5) is 59.0. The Bertz CT molecular complexity index is 2840. The second-order valence-electron chi connectivity index (χ2n) is 31.4. The summed E-state index contributed by atoms with van der Waals surface area (Å²) >= 11 is 0. The SMILES string of the molecule is CC/C=C\C/C=C\C/C=C\C/C=C\C/C=C\C/C=C\CCCCCCCCCCCCCCC(=O)OCC(COP(=O)(O)OCC(O)COP(=O)(O)OCC(O)COC(=O)CCCCCCCCCCCCCCCCCCCCC/C=C\C/C=C\C/C=C\C/C=C\C/C=C\CC)OC(=O)CCCCCCCCC/C=C\C/C=C\C/C=C\CC. The van der Waals surface area contributed by atoms with Gasteiger partial charge in [-0.2, -0.15) is 0 Å². The molecule has 0 aliphatic carbocycles. The molecule has 18 heteroatoms. The zero-order chi connectivity index (χ0) is 86.5. The molecule has 5 unspecified atom stereocenters. The van der Waals surface area contributed by atoms with Gasteiger partial charge in [0.05, 0.1) is 26.4 Å². The summed E-state index contributed by atoms with van der Waals surface area (Å²) in [5, 5.41) is 20.7. The molecule has 0 aliphatic rings. The van der Waals surface area contributed by atoms with Gasteiger partial charge < -0.3 is 34.2 Å². The highest BCUT2D eigenvalue weighted by Gasteiger charge is 2.30. The van der Waals surface area contributed by atoms with Crippen LogP contribution in [0.15, 0.2) is 170 Å². The van der Waals surface area contributed by atoms with E-state index < -0.39 is 91.5 Å². The van der Waals surface area contributed by atoms with Crippen molar-refractivity contribution in [1.29, 1.82) is 0 Å². The Kier molecular flexibility index (Phi) is 88.2. The van der Waals surface area contributed by atoms with Crippen molar-refractivity contribution < 1.29 is 75.8 Å². The van der Waals surface area contributed by atoms with Crippen LogP contribution in [-0.4, -0.2) is 95.9 Å². The summed E-state index contributed by atoms with van der Waals surface area (Å²) in [7, 11) is -9.81. The Hall–Kier alpha value is -5.09. The second kappa shape index (κ2) is 92.1. The van der Waals surface area contributed by atoms with Crippen molar-refractivity contribution in [2.45, 2.75) is 411 Å². The lowest BCUT2D eigenvalue weighted by atomic mass is 10.0. The van der Waals surface area contributed by atoms with Crippen LogP contribution >= 0.6 is 15.6 Å². The molecular formula is C101H172O16P2. The van der Waals surface area contributed by atoms with E-state index in [1.807, 2.05) is 0 Å². The van der Waals surface area contributed by atoms with Gasteiger partial charge in [-0.3, -0.25) is 32.5 Å². The van der Waals surface area contributed by atoms with Crippen LogP contribution in [0, 0.1) is 0 Å². The first-order chi connectivity index (χ1) is 58.2. The van der Waals surface area contributed by atoms with Gasteiger partial charge in [0.25, 0.3) is 0 Å². The molecule has 4 N–H and O–H groups in total. The van der Waals surface area contributed by atoms with Crippen molar-refractivity contribution in [2.24, 2.45) is 0 Å². The standard InChI is InChI=1S/C101H172O16P2/c1-4-7-10-13-16-19-22-25-28-31-33-35-37-39-41-43-45-46-47-48-50-52-53-55-57-59-61-64-66-69-72-75-78-81-84-87-99(104)111-90-96(102)91-113-118(107,108)114-92-97(103)93-115-119(109,110)116-95-98(117-101(106)89-86-83-80-77-74-71-68-63-30-27-24-21-18-15-12-9-6-3)94-112-100(105)88-85-82-79-76-73-70-67-65-62-60-58-56-54-51-49-44-42-40-38-36-34-32-29-26-23-20-17-14-11-8-5-2/h7-12,16-21,25-30,33-36,39-42,49,51,96-98,102-103H,4-6,13-15,22-24,31-32,37-38,43-48,50,52-95H2,1-3H3,(H,107,108)(H,109,110)/b10-7-,11-8-,12-9-,19-16-,20-17-,21-18-,28-25-,29-26-,30-27-,35-33-,36-34-,41-39-,42-40-,51-49-. The van der Waals surface area contributed by atoms with E-state index in [1.54, 1.807) is 0 Å². The van der Waals surface area contributed by atoms with Gasteiger partial charge in [0.2, 0.25) is 0 Å². The minimum absolute atomic E-state index is 0.0900. The fraction of sp³-hybridized carbons (Fsp3) is 0.693. The zero-order valence-corrected chi connectivity index (χ0v) is 77.0. The molecule has 0 aliphatic heterocycles. The van der Waals surface area contributed by atoms with Crippen molar-refractivity contribution in [1.82, 2.24) is 0 Å². The molecule has 0 heterocycles. The van der Waals surface area contributed by atoms with E-state index in [1.165, 1.54) is 148 Å². The molecular weight excluding hydrogens is 1530 g/mol. The maximum atomic E-state index is 13.0. The summed E-state index contributed by atoms with van der Waals surface area (Å²) in [5.74, 6) is -1.58. The van der Waals surface area contributed by atoms with Crippen LogP contribution in [0.2, 0.25) is 0 Å². The molecule has 119 heavy (non-hydrogen) atoms. The Labute approximate surface area is 726 Å². The van der Waals surface area contributed by atoms with Gasteiger partial charge in [0, 0.05) is 19.3 Å². The van der Waals surface area contributed by atoms with Crippen molar-refractivity contribution in [2.75, 3.05) is 39.6 Å². The van der Waals surface area contributed by atoms with Gasteiger partial charge >= 0.3 is 33.6 Å². The van der Waals surface area contributed by atoms with Crippen molar-refractivity contribution in [3.8, 4) is 0 Å². The minimum atomic E-state index is -4.94. The maximum absolute atomic E-state index is 13.0. The minimum Gasteiger partial charge on any atom is -0.463 e. The third-order valence-electron chi connectivity index (χ3n) is 19.9. The molecule has 0 bridgehead atoms. The molecule has 0 spiro atoms. The highest BCUT2D eigenvalue weighted by atomic mass is 31.2. The van der Waals surface area contributed by atoms with Crippen LogP contribution in [-0.2, 0) is 55.8 Å². The van der Waals surface area contributed by atoms with E-state index in [0.717, 1.165) is 186 Å². The number of esters is 3. The van der Waals surface area contributed by atoms with Crippen molar-refractivity contribution in [3.05, 3.63) is 170 Å². The van der Waals surface area contributed by atoms with E-state index in [4.69, 9.17) is 32.3 Å². The monoisotopic (exact) mass is 1700 g/mol. The van der Waals surface area contributed by atoms with Crippen LogP contribution in [0.3, 0.4) is 0 Å².